The summed E-state index contributed by atoms with van der Waals surface area (Å²) < 4.78 is 26.5. The Morgan fingerprint density at radius 3 is 2.41 bits per heavy atom. The Labute approximate surface area is 128 Å². The molecular weight excluding hydrogens is 284 g/mol. The molecule has 0 atom stereocenters. The molecule has 0 aromatic heterocycles. The smallest absolute Gasteiger partial charge is 0.254 e. The minimum absolute atomic E-state index is 0.0621. The van der Waals surface area contributed by atoms with Crippen LogP contribution >= 0.6 is 0 Å². The third-order valence-corrected chi connectivity index (χ3v) is 4.46. The maximum Gasteiger partial charge on any atom is 0.254 e. The molecule has 1 fully saturated rings. The van der Waals surface area contributed by atoms with Gasteiger partial charge in [-0.1, -0.05) is 36.8 Å². The molecule has 0 unspecified atom stereocenters. The zero-order valence-corrected chi connectivity index (χ0v) is 12.1. The fourth-order valence-electron chi connectivity index (χ4n) is 2.98. The first-order chi connectivity index (χ1) is 10.6. The summed E-state index contributed by atoms with van der Waals surface area (Å²) in [4.78, 5) is 12.1. The summed E-state index contributed by atoms with van der Waals surface area (Å²) in [6, 6.07) is 13.0. The molecule has 4 heteroatoms. The average molecular weight is 301 g/mol. The van der Waals surface area contributed by atoms with E-state index in [4.69, 9.17) is 0 Å². The molecule has 0 spiro atoms. The van der Waals surface area contributed by atoms with Crippen LogP contribution < -0.4 is 5.32 Å². The summed E-state index contributed by atoms with van der Waals surface area (Å²) in [6.07, 6.45) is 3.13. The monoisotopic (exact) mass is 301 g/mol. The van der Waals surface area contributed by atoms with Crippen molar-refractivity contribution in [2.45, 2.75) is 24.7 Å². The van der Waals surface area contributed by atoms with E-state index in [0.29, 0.717) is 6.54 Å². The quantitative estimate of drug-likeness (QED) is 0.914. The first-order valence-electron chi connectivity index (χ1n) is 7.40. The van der Waals surface area contributed by atoms with Crippen molar-refractivity contribution in [1.29, 1.82) is 0 Å². The number of hydrogen-bond acceptors (Lipinski definition) is 1. The summed E-state index contributed by atoms with van der Waals surface area (Å²) in [6.45, 7) is 0.465. The molecule has 0 bridgehead atoms. The third kappa shape index (κ3) is 2.73. The summed E-state index contributed by atoms with van der Waals surface area (Å²) in [5.74, 6) is -2.02. The van der Waals surface area contributed by atoms with Gasteiger partial charge in [-0.3, -0.25) is 4.79 Å². The molecule has 0 aliphatic heterocycles. The minimum atomic E-state index is -0.833. The van der Waals surface area contributed by atoms with Gasteiger partial charge in [0.25, 0.3) is 5.91 Å². The first kappa shape index (κ1) is 14.7. The second kappa shape index (κ2) is 5.87. The molecule has 1 N–H and O–H groups in total. The predicted octanol–water partition coefficient (Wildman–Crippen LogP) is 3.82. The summed E-state index contributed by atoms with van der Waals surface area (Å²) >= 11 is 0. The Bertz CT molecular complexity index is 681. The van der Waals surface area contributed by atoms with Crippen molar-refractivity contribution < 1.29 is 13.6 Å². The van der Waals surface area contributed by atoms with Crippen molar-refractivity contribution in [3.8, 4) is 0 Å². The lowest BCUT2D eigenvalue weighted by molar-refractivity contribution is 0.0923. The van der Waals surface area contributed by atoms with Crippen molar-refractivity contribution in [2.24, 2.45) is 0 Å². The molecule has 2 aromatic carbocycles. The Balaban J connectivity index is 1.72. The van der Waals surface area contributed by atoms with E-state index in [1.807, 2.05) is 18.2 Å². The molecule has 1 aliphatic rings. The standard InChI is InChI=1S/C18H17F2NO/c19-14-7-8-15(16(20)11-14)17(22)21-12-18(9-4-10-18)13-5-2-1-3-6-13/h1-3,5-8,11H,4,9-10,12H2,(H,21,22). The fourth-order valence-corrected chi connectivity index (χ4v) is 2.98. The maximum absolute atomic E-state index is 13.6. The highest BCUT2D eigenvalue weighted by Gasteiger charge is 2.38. The van der Waals surface area contributed by atoms with Crippen molar-refractivity contribution in [3.05, 3.63) is 71.3 Å². The number of rotatable bonds is 4. The molecule has 0 heterocycles. The fraction of sp³-hybridized carbons (Fsp3) is 0.278. The third-order valence-electron chi connectivity index (χ3n) is 4.46. The van der Waals surface area contributed by atoms with E-state index in [9.17, 15) is 13.6 Å². The van der Waals surface area contributed by atoms with Crippen LogP contribution in [0.15, 0.2) is 48.5 Å². The van der Waals surface area contributed by atoms with Crippen LogP contribution in [0.2, 0.25) is 0 Å². The topological polar surface area (TPSA) is 29.1 Å². The van der Waals surface area contributed by atoms with Gasteiger partial charge in [0.05, 0.1) is 5.56 Å². The Morgan fingerprint density at radius 1 is 1.09 bits per heavy atom. The molecule has 3 rings (SSSR count). The van der Waals surface area contributed by atoms with Gasteiger partial charge in [0.1, 0.15) is 11.6 Å². The lowest BCUT2D eigenvalue weighted by atomic mass is 9.64. The van der Waals surface area contributed by atoms with Gasteiger partial charge < -0.3 is 5.32 Å². The van der Waals surface area contributed by atoms with Gasteiger partial charge in [-0.05, 0) is 30.5 Å². The van der Waals surface area contributed by atoms with E-state index in [1.54, 1.807) is 0 Å². The van der Waals surface area contributed by atoms with Crippen molar-refractivity contribution in [1.82, 2.24) is 5.32 Å². The average Bonchev–Trinajstić information content (AvgIpc) is 2.47. The predicted molar refractivity (Wildman–Crippen MR) is 80.7 cm³/mol. The number of benzene rings is 2. The van der Waals surface area contributed by atoms with Gasteiger partial charge in [-0.15, -0.1) is 0 Å². The molecule has 0 saturated heterocycles. The summed E-state index contributed by atoms with van der Waals surface area (Å²) in [7, 11) is 0. The van der Waals surface area contributed by atoms with Crippen LogP contribution in [-0.2, 0) is 5.41 Å². The van der Waals surface area contributed by atoms with Crippen LogP contribution in [0.3, 0.4) is 0 Å². The zero-order valence-electron chi connectivity index (χ0n) is 12.1. The SMILES string of the molecule is O=C(NCC1(c2ccccc2)CCC1)c1ccc(F)cc1F. The Morgan fingerprint density at radius 2 is 1.82 bits per heavy atom. The van der Waals surface area contributed by atoms with Gasteiger partial charge in [0.15, 0.2) is 0 Å². The second-order valence-corrected chi connectivity index (χ2v) is 5.81. The number of hydrogen-bond donors (Lipinski definition) is 1. The van der Waals surface area contributed by atoms with Gasteiger partial charge in [0.2, 0.25) is 0 Å². The van der Waals surface area contributed by atoms with Crippen LogP contribution in [0, 0.1) is 11.6 Å². The van der Waals surface area contributed by atoms with E-state index >= 15 is 0 Å². The Hall–Kier alpha value is -2.23. The van der Waals surface area contributed by atoms with Gasteiger partial charge >= 0.3 is 0 Å². The lowest BCUT2D eigenvalue weighted by Crippen LogP contribution is -2.45. The molecule has 0 radical (unpaired) electrons. The van der Waals surface area contributed by atoms with Crippen LogP contribution in [0.1, 0.15) is 35.2 Å². The normalized spacial score (nSPS) is 15.9. The molecule has 1 saturated carbocycles. The van der Waals surface area contributed by atoms with Crippen molar-refractivity contribution in [3.63, 3.8) is 0 Å². The molecule has 1 amide bonds. The zero-order chi connectivity index (χ0) is 15.6. The molecular formula is C18H17F2NO. The highest BCUT2D eigenvalue weighted by Crippen LogP contribution is 2.43. The number of carbonyl (C=O) groups excluding carboxylic acids is 1. The van der Waals surface area contributed by atoms with E-state index in [2.05, 4.69) is 17.4 Å². The number of amides is 1. The van der Waals surface area contributed by atoms with Crippen LogP contribution in [-0.4, -0.2) is 12.5 Å². The van der Waals surface area contributed by atoms with Crippen LogP contribution in [0.4, 0.5) is 8.78 Å². The highest BCUT2D eigenvalue weighted by molar-refractivity contribution is 5.94. The maximum atomic E-state index is 13.6. The molecule has 1 aliphatic carbocycles. The molecule has 2 nitrogen and oxygen atoms in total. The highest BCUT2D eigenvalue weighted by atomic mass is 19.1. The van der Waals surface area contributed by atoms with Gasteiger partial charge in [-0.25, -0.2) is 8.78 Å². The van der Waals surface area contributed by atoms with E-state index in [-0.39, 0.29) is 11.0 Å². The number of nitrogens with one attached hydrogen (secondary N) is 1. The number of carbonyl (C=O) groups is 1. The second-order valence-electron chi connectivity index (χ2n) is 5.81. The summed E-state index contributed by atoms with van der Waals surface area (Å²) in [5, 5.41) is 2.80. The molecule has 22 heavy (non-hydrogen) atoms. The van der Waals surface area contributed by atoms with Gasteiger partial charge in [-0.2, -0.15) is 0 Å². The minimum Gasteiger partial charge on any atom is -0.351 e. The van der Waals surface area contributed by atoms with E-state index in [1.165, 1.54) is 11.6 Å². The largest absolute Gasteiger partial charge is 0.351 e. The van der Waals surface area contributed by atoms with Crippen LogP contribution in [0.5, 0.6) is 0 Å². The Kier molecular flexibility index (Phi) is 3.92. The van der Waals surface area contributed by atoms with E-state index < -0.39 is 17.5 Å². The van der Waals surface area contributed by atoms with Gasteiger partial charge in [0, 0.05) is 18.0 Å². The molecule has 114 valence electrons. The van der Waals surface area contributed by atoms with Crippen molar-refractivity contribution in [2.75, 3.05) is 6.54 Å². The number of halogens is 2. The van der Waals surface area contributed by atoms with E-state index in [0.717, 1.165) is 31.4 Å². The van der Waals surface area contributed by atoms with Crippen LogP contribution in [0.25, 0.3) is 0 Å². The molecule has 2 aromatic rings. The summed E-state index contributed by atoms with van der Waals surface area (Å²) in [5.41, 5.74) is 1.01. The first-order valence-corrected chi connectivity index (χ1v) is 7.40. The van der Waals surface area contributed by atoms with Crippen molar-refractivity contribution >= 4 is 5.91 Å². The lowest BCUT2D eigenvalue weighted by Gasteiger charge is -2.42.